The van der Waals surface area contributed by atoms with Crippen molar-refractivity contribution in [3.63, 3.8) is 0 Å². The van der Waals surface area contributed by atoms with Gasteiger partial charge in [0.05, 0.1) is 16.9 Å². The first-order chi connectivity index (χ1) is 9.01. The third kappa shape index (κ3) is 2.76. The summed E-state index contributed by atoms with van der Waals surface area (Å²) in [5.41, 5.74) is 2.69. The number of aromatic hydroxyl groups is 1. The molecular formula is C14H17N3O2. The third-order valence-corrected chi connectivity index (χ3v) is 2.89. The number of carbonyl (C=O) groups is 1. The summed E-state index contributed by atoms with van der Waals surface area (Å²) in [6, 6.07) is 4.94. The van der Waals surface area contributed by atoms with E-state index in [1.54, 1.807) is 30.1 Å². The Hall–Kier alpha value is -2.30. The summed E-state index contributed by atoms with van der Waals surface area (Å²) < 4.78 is 1.66. The number of nitrogens with zero attached hydrogens (tertiary/aromatic N) is 2. The molecule has 100 valence electrons. The molecule has 0 spiro atoms. The number of benzene rings is 1. The quantitative estimate of drug-likeness (QED) is 0.888. The molecule has 0 saturated heterocycles. The average molecular weight is 259 g/mol. The number of hydrogen-bond donors (Lipinski definition) is 2. The van der Waals surface area contributed by atoms with Gasteiger partial charge in [-0.25, -0.2) is 0 Å². The first kappa shape index (κ1) is 13.1. The first-order valence-electron chi connectivity index (χ1n) is 6.14. The van der Waals surface area contributed by atoms with Crippen molar-refractivity contribution in [3.8, 4) is 5.75 Å². The van der Waals surface area contributed by atoms with Gasteiger partial charge < -0.3 is 10.4 Å². The lowest BCUT2D eigenvalue weighted by molar-refractivity contribution is 0.102. The Morgan fingerprint density at radius 3 is 2.89 bits per heavy atom. The zero-order chi connectivity index (χ0) is 14.0. The largest absolute Gasteiger partial charge is 0.507 e. The molecule has 1 heterocycles. The van der Waals surface area contributed by atoms with E-state index >= 15 is 0 Å². The van der Waals surface area contributed by atoms with Gasteiger partial charge >= 0.3 is 0 Å². The van der Waals surface area contributed by atoms with Gasteiger partial charge in [-0.3, -0.25) is 9.48 Å². The van der Waals surface area contributed by atoms with Crippen molar-refractivity contribution in [3.05, 3.63) is 41.2 Å². The summed E-state index contributed by atoms with van der Waals surface area (Å²) in [4.78, 5) is 12.2. The topological polar surface area (TPSA) is 67.2 Å². The number of nitrogens with one attached hydrogen (secondary N) is 1. The van der Waals surface area contributed by atoms with Crippen LogP contribution < -0.4 is 5.32 Å². The van der Waals surface area contributed by atoms with Gasteiger partial charge in [-0.05, 0) is 25.5 Å². The van der Waals surface area contributed by atoms with Crippen LogP contribution in [0.25, 0.3) is 0 Å². The van der Waals surface area contributed by atoms with Gasteiger partial charge in [-0.1, -0.05) is 18.6 Å². The zero-order valence-electron chi connectivity index (χ0n) is 11.3. The number of amides is 1. The minimum absolute atomic E-state index is 0.0231. The highest BCUT2D eigenvalue weighted by Gasteiger charge is 2.14. The van der Waals surface area contributed by atoms with Crippen LogP contribution in [0, 0.1) is 6.92 Å². The highest BCUT2D eigenvalue weighted by molar-refractivity contribution is 6.06. The fourth-order valence-corrected chi connectivity index (χ4v) is 1.92. The number of hydrogen-bond acceptors (Lipinski definition) is 3. The maximum Gasteiger partial charge on any atom is 0.259 e. The number of anilines is 1. The first-order valence-corrected chi connectivity index (χ1v) is 6.14. The summed E-state index contributed by atoms with van der Waals surface area (Å²) in [6.07, 6.45) is 2.49. The van der Waals surface area contributed by atoms with E-state index in [1.807, 2.05) is 13.8 Å². The lowest BCUT2D eigenvalue weighted by Gasteiger charge is -2.07. The van der Waals surface area contributed by atoms with Crippen LogP contribution in [0.5, 0.6) is 5.75 Å². The molecule has 19 heavy (non-hydrogen) atoms. The van der Waals surface area contributed by atoms with Crippen LogP contribution in [0.3, 0.4) is 0 Å². The van der Waals surface area contributed by atoms with Gasteiger partial charge in [-0.2, -0.15) is 5.10 Å². The maximum atomic E-state index is 12.2. The summed E-state index contributed by atoms with van der Waals surface area (Å²) in [7, 11) is 1.80. The standard InChI is InChI=1S/C14H17N3O2/c1-4-11-12(8-17(3)16-11)15-14(19)10-7-9(2)5-6-13(10)18/h5-8,18H,4H2,1-3H3,(H,15,19). The van der Waals surface area contributed by atoms with Crippen LogP contribution in [0.15, 0.2) is 24.4 Å². The van der Waals surface area contributed by atoms with Gasteiger partial charge in [0.15, 0.2) is 0 Å². The van der Waals surface area contributed by atoms with Crippen LogP contribution in [-0.4, -0.2) is 20.8 Å². The van der Waals surface area contributed by atoms with Crippen molar-refractivity contribution >= 4 is 11.6 Å². The van der Waals surface area contributed by atoms with Gasteiger partial charge in [-0.15, -0.1) is 0 Å². The molecule has 0 bridgehead atoms. The molecule has 2 rings (SSSR count). The minimum Gasteiger partial charge on any atom is -0.507 e. The van der Waals surface area contributed by atoms with E-state index in [0.717, 1.165) is 17.7 Å². The lowest BCUT2D eigenvalue weighted by Crippen LogP contribution is -2.13. The highest BCUT2D eigenvalue weighted by atomic mass is 16.3. The van der Waals surface area contributed by atoms with Crippen molar-refractivity contribution in [2.45, 2.75) is 20.3 Å². The van der Waals surface area contributed by atoms with E-state index in [-0.39, 0.29) is 17.2 Å². The van der Waals surface area contributed by atoms with E-state index in [0.29, 0.717) is 5.69 Å². The summed E-state index contributed by atoms with van der Waals surface area (Å²) in [5, 5.41) is 16.8. The molecule has 1 aromatic carbocycles. The molecular weight excluding hydrogens is 242 g/mol. The van der Waals surface area contributed by atoms with Gasteiger partial charge in [0.1, 0.15) is 5.75 Å². The molecule has 1 aromatic heterocycles. The molecule has 1 amide bonds. The Morgan fingerprint density at radius 1 is 1.47 bits per heavy atom. The molecule has 0 atom stereocenters. The van der Waals surface area contributed by atoms with Crippen LogP contribution in [0.4, 0.5) is 5.69 Å². The Balaban J connectivity index is 2.27. The lowest BCUT2D eigenvalue weighted by atomic mass is 10.1. The van der Waals surface area contributed by atoms with Crippen LogP contribution in [0.2, 0.25) is 0 Å². The number of carbonyl (C=O) groups excluding carboxylic acids is 1. The Kier molecular flexibility index (Phi) is 3.55. The second-order valence-corrected chi connectivity index (χ2v) is 4.49. The molecule has 0 fully saturated rings. The number of phenolic OH excluding ortho intramolecular Hbond substituents is 1. The summed E-state index contributed by atoms with van der Waals surface area (Å²) in [6.45, 7) is 3.85. The van der Waals surface area contributed by atoms with Crippen LogP contribution in [0.1, 0.15) is 28.5 Å². The molecule has 2 aromatic rings. The molecule has 5 heteroatoms. The van der Waals surface area contributed by atoms with E-state index in [1.165, 1.54) is 6.07 Å². The Morgan fingerprint density at radius 2 is 2.21 bits per heavy atom. The molecule has 5 nitrogen and oxygen atoms in total. The predicted molar refractivity (Wildman–Crippen MR) is 73.4 cm³/mol. The fourth-order valence-electron chi connectivity index (χ4n) is 1.92. The normalized spacial score (nSPS) is 10.5. The van der Waals surface area contributed by atoms with Crippen LogP contribution in [-0.2, 0) is 13.5 Å². The average Bonchev–Trinajstić information content (AvgIpc) is 2.72. The molecule has 0 saturated carbocycles. The molecule has 0 unspecified atom stereocenters. The van der Waals surface area contributed by atoms with Crippen LogP contribution >= 0.6 is 0 Å². The Bertz CT molecular complexity index is 617. The number of aromatic nitrogens is 2. The van der Waals surface area contributed by atoms with E-state index in [4.69, 9.17) is 0 Å². The maximum absolute atomic E-state index is 12.2. The number of phenols is 1. The van der Waals surface area contributed by atoms with E-state index in [2.05, 4.69) is 10.4 Å². The van der Waals surface area contributed by atoms with Crippen molar-refractivity contribution in [2.75, 3.05) is 5.32 Å². The van der Waals surface area contributed by atoms with Crippen molar-refractivity contribution in [2.24, 2.45) is 7.05 Å². The predicted octanol–water partition coefficient (Wildman–Crippen LogP) is 2.25. The zero-order valence-corrected chi connectivity index (χ0v) is 11.3. The Labute approximate surface area is 111 Å². The summed E-state index contributed by atoms with van der Waals surface area (Å²) >= 11 is 0. The second-order valence-electron chi connectivity index (χ2n) is 4.49. The van der Waals surface area contributed by atoms with Crippen molar-refractivity contribution < 1.29 is 9.90 Å². The second kappa shape index (κ2) is 5.14. The van der Waals surface area contributed by atoms with Gasteiger partial charge in [0, 0.05) is 13.2 Å². The summed E-state index contributed by atoms with van der Waals surface area (Å²) in [5.74, 6) is -0.353. The van der Waals surface area contributed by atoms with Gasteiger partial charge in [0.25, 0.3) is 5.91 Å². The van der Waals surface area contributed by atoms with Crippen molar-refractivity contribution in [1.82, 2.24) is 9.78 Å². The molecule has 2 N–H and O–H groups in total. The smallest absolute Gasteiger partial charge is 0.259 e. The highest BCUT2D eigenvalue weighted by Crippen LogP contribution is 2.21. The third-order valence-electron chi connectivity index (χ3n) is 2.89. The monoisotopic (exact) mass is 259 g/mol. The molecule has 0 radical (unpaired) electrons. The van der Waals surface area contributed by atoms with Crippen molar-refractivity contribution in [1.29, 1.82) is 0 Å². The number of rotatable bonds is 3. The molecule has 0 aliphatic rings. The van der Waals surface area contributed by atoms with Gasteiger partial charge in [0.2, 0.25) is 0 Å². The minimum atomic E-state index is -0.330. The van der Waals surface area contributed by atoms with E-state index in [9.17, 15) is 9.90 Å². The van der Waals surface area contributed by atoms with E-state index < -0.39 is 0 Å². The fraction of sp³-hybridized carbons (Fsp3) is 0.286. The SMILES string of the molecule is CCc1nn(C)cc1NC(=O)c1cc(C)ccc1O. The number of aryl methyl sites for hydroxylation is 3. The molecule has 0 aliphatic carbocycles. The molecule has 0 aliphatic heterocycles.